The minimum Gasteiger partial charge on any atom is -0.352 e. The second kappa shape index (κ2) is 10.1. The maximum absolute atomic E-state index is 13.6. The molecule has 0 radical (unpaired) electrons. The highest BCUT2D eigenvalue weighted by molar-refractivity contribution is 5.73. The molecule has 6 heteroatoms. The number of rotatable bonds is 8. The van der Waals surface area contributed by atoms with Crippen LogP contribution in [0.1, 0.15) is 50.2 Å². The number of amides is 1. The Morgan fingerprint density at radius 2 is 1.70 bits per heavy atom. The van der Waals surface area contributed by atoms with Gasteiger partial charge in [0, 0.05) is 37.2 Å². The van der Waals surface area contributed by atoms with E-state index in [1.807, 2.05) is 18.2 Å². The molecule has 0 saturated heterocycles. The van der Waals surface area contributed by atoms with Gasteiger partial charge in [-0.3, -0.25) is 4.79 Å². The highest BCUT2D eigenvalue weighted by Gasteiger charge is 2.34. The Bertz CT molecular complexity index is 817. The number of carbonyl (C=O) groups excluding carboxylic acids is 1. The maximum Gasteiger partial charge on any atom is 0.217 e. The summed E-state index contributed by atoms with van der Waals surface area (Å²) in [5.41, 5.74) is 8.06. The molecular weight excluding hydrogens is 384 g/mol. The van der Waals surface area contributed by atoms with Crippen molar-refractivity contribution in [3.05, 3.63) is 71.3 Å². The van der Waals surface area contributed by atoms with Crippen LogP contribution >= 0.6 is 0 Å². The molecule has 1 saturated carbocycles. The number of hydrogen-bond acceptors (Lipinski definition) is 3. The molecule has 162 valence electrons. The Morgan fingerprint density at radius 3 is 2.30 bits per heavy atom. The SMILES string of the molecule is CC(=O)NC(Cc1cc(F)cc(F)c1)C(N)CNC1(c2ccccc2)CCCCC1. The van der Waals surface area contributed by atoms with Crippen LogP contribution in [0.15, 0.2) is 48.5 Å². The van der Waals surface area contributed by atoms with Gasteiger partial charge in [-0.05, 0) is 42.5 Å². The van der Waals surface area contributed by atoms with E-state index >= 15 is 0 Å². The molecule has 0 heterocycles. The standard InChI is InChI=1S/C24H31F2N3O/c1-17(30)29-23(14-18-12-20(25)15-21(26)13-18)22(27)16-28-24(10-6-3-7-11-24)19-8-4-2-5-9-19/h2,4-5,8-9,12-13,15,22-23,28H,3,6-7,10-11,14,16,27H2,1H3,(H,29,30). The summed E-state index contributed by atoms with van der Waals surface area (Å²) >= 11 is 0. The summed E-state index contributed by atoms with van der Waals surface area (Å²) in [7, 11) is 0. The lowest BCUT2D eigenvalue weighted by Crippen LogP contribution is -2.56. The van der Waals surface area contributed by atoms with E-state index in [0.717, 1.165) is 31.7 Å². The van der Waals surface area contributed by atoms with Crippen LogP contribution in [0.5, 0.6) is 0 Å². The zero-order valence-corrected chi connectivity index (χ0v) is 17.5. The predicted octanol–water partition coefficient (Wildman–Crippen LogP) is 3.79. The highest BCUT2D eigenvalue weighted by Crippen LogP contribution is 2.37. The fourth-order valence-corrected chi connectivity index (χ4v) is 4.49. The Morgan fingerprint density at radius 1 is 1.07 bits per heavy atom. The van der Waals surface area contributed by atoms with Gasteiger partial charge < -0.3 is 16.4 Å². The summed E-state index contributed by atoms with van der Waals surface area (Å²) < 4.78 is 27.2. The first-order valence-corrected chi connectivity index (χ1v) is 10.7. The fraction of sp³-hybridized carbons (Fsp3) is 0.458. The van der Waals surface area contributed by atoms with Gasteiger partial charge in [-0.15, -0.1) is 0 Å². The molecule has 0 bridgehead atoms. The normalized spacial score (nSPS) is 17.9. The predicted molar refractivity (Wildman–Crippen MR) is 115 cm³/mol. The van der Waals surface area contributed by atoms with Gasteiger partial charge in [0.25, 0.3) is 0 Å². The zero-order chi connectivity index (χ0) is 21.6. The molecule has 2 unspecified atom stereocenters. The van der Waals surface area contributed by atoms with Crippen molar-refractivity contribution in [1.29, 1.82) is 0 Å². The molecule has 2 aromatic rings. The van der Waals surface area contributed by atoms with E-state index in [4.69, 9.17) is 5.73 Å². The van der Waals surface area contributed by atoms with Gasteiger partial charge in [-0.1, -0.05) is 49.6 Å². The van der Waals surface area contributed by atoms with E-state index in [0.29, 0.717) is 12.1 Å². The smallest absolute Gasteiger partial charge is 0.217 e. The molecule has 0 aliphatic heterocycles. The number of nitrogens with two attached hydrogens (primary N) is 1. The van der Waals surface area contributed by atoms with Crippen LogP contribution in [-0.4, -0.2) is 24.5 Å². The summed E-state index contributed by atoms with van der Waals surface area (Å²) in [6.45, 7) is 1.91. The summed E-state index contributed by atoms with van der Waals surface area (Å²) in [6, 6.07) is 12.9. The average molecular weight is 416 g/mol. The van der Waals surface area contributed by atoms with Gasteiger partial charge in [-0.25, -0.2) is 8.78 Å². The van der Waals surface area contributed by atoms with Crippen LogP contribution in [0.4, 0.5) is 8.78 Å². The van der Waals surface area contributed by atoms with E-state index in [-0.39, 0.29) is 17.9 Å². The van der Waals surface area contributed by atoms with E-state index in [1.54, 1.807) is 0 Å². The van der Waals surface area contributed by atoms with Gasteiger partial charge in [0.05, 0.1) is 0 Å². The topological polar surface area (TPSA) is 67.2 Å². The zero-order valence-electron chi connectivity index (χ0n) is 17.5. The van der Waals surface area contributed by atoms with Gasteiger partial charge in [-0.2, -0.15) is 0 Å². The molecule has 1 fully saturated rings. The summed E-state index contributed by atoms with van der Waals surface area (Å²) in [4.78, 5) is 11.7. The quantitative estimate of drug-likeness (QED) is 0.615. The van der Waals surface area contributed by atoms with Gasteiger partial charge >= 0.3 is 0 Å². The number of benzene rings is 2. The van der Waals surface area contributed by atoms with Gasteiger partial charge in [0.1, 0.15) is 11.6 Å². The van der Waals surface area contributed by atoms with Crippen molar-refractivity contribution in [3.8, 4) is 0 Å². The van der Waals surface area contributed by atoms with Crippen LogP contribution < -0.4 is 16.4 Å². The number of hydrogen-bond donors (Lipinski definition) is 3. The third-order valence-electron chi connectivity index (χ3n) is 5.99. The van der Waals surface area contributed by atoms with Crippen LogP contribution in [0.2, 0.25) is 0 Å². The molecule has 1 aliphatic carbocycles. The Balaban J connectivity index is 1.73. The first-order valence-electron chi connectivity index (χ1n) is 10.7. The first-order chi connectivity index (χ1) is 14.4. The Hall–Kier alpha value is -2.31. The van der Waals surface area contributed by atoms with Crippen molar-refractivity contribution >= 4 is 5.91 Å². The minimum absolute atomic E-state index is 0.136. The van der Waals surface area contributed by atoms with Crippen LogP contribution in [0, 0.1) is 11.6 Å². The highest BCUT2D eigenvalue weighted by atomic mass is 19.1. The molecule has 1 amide bonds. The molecule has 1 aliphatic rings. The number of halogens is 2. The van der Waals surface area contributed by atoms with Crippen molar-refractivity contribution in [2.75, 3.05) is 6.54 Å². The van der Waals surface area contributed by atoms with Crippen molar-refractivity contribution in [1.82, 2.24) is 10.6 Å². The second-order valence-corrected chi connectivity index (χ2v) is 8.34. The largest absolute Gasteiger partial charge is 0.352 e. The van der Waals surface area contributed by atoms with E-state index < -0.39 is 23.7 Å². The van der Waals surface area contributed by atoms with Gasteiger partial charge in [0.2, 0.25) is 5.91 Å². The third-order valence-corrected chi connectivity index (χ3v) is 5.99. The molecule has 2 aromatic carbocycles. The van der Waals surface area contributed by atoms with Gasteiger partial charge in [0.15, 0.2) is 0 Å². The second-order valence-electron chi connectivity index (χ2n) is 8.34. The first kappa shape index (κ1) is 22.4. The molecule has 30 heavy (non-hydrogen) atoms. The van der Waals surface area contributed by atoms with Crippen molar-refractivity contribution in [2.45, 2.75) is 63.1 Å². The summed E-state index contributed by atoms with van der Waals surface area (Å²) in [5, 5.41) is 6.55. The number of carbonyl (C=O) groups is 1. The average Bonchev–Trinajstić information content (AvgIpc) is 2.72. The molecule has 4 N–H and O–H groups in total. The Kier molecular flexibility index (Phi) is 7.56. The monoisotopic (exact) mass is 415 g/mol. The lowest BCUT2D eigenvalue weighted by molar-refractivity contribution is -0.119. The van der Waals surface area contributed by atoms with Crippen LogP contribution in [0.25, 0.3) is 0 Å². The molecule has 0 aromatic heterocycles. The lowest BCUT2D eigenvalue weighted by Gasteiger charge is -2.40. The molecule has 4 nitrogen and oxygen atoms in total. The van der Waals surface area contributed by atoms with Crippen LogP contribution in [0.3, 0.4) is 0 Å². The molecule has 3 rings (SSSR count). The maximum atomic E-state index is 13.6. The molecular formula is C24H31F2N3O. The third kappa shape index (κ3) is 5.86. The van der Waals surface area contributed by atoms with E-state index in [9.17, 15) is 13.6 Å². The fourth-order valence-electron chi connectivity index (χ4n) is 4.49. The molecule has 2 atom stereocenters. The number of nitrogens with one attached hydrogen (secondary N) is 2. The van der Waals surface area contributed by atoms with Crippen molar-refractivity contribution < 1.29 is 13.6 Å². The minimum atomic E-state index is -0.636. The van der Waals surface area contributed by atoms with Crippen molar-refractivity contribution in [2.24, 2.45) is 5.73 Å². The van der Waals surface area contributed by atoms with Crippen LogP contribution in [-0.2, 0) is 16.8 Å². The summed E-state index contributed by atoms with van der Waals surface area (Å²) in [5.74, 6) is -1.49. The van der Waals surface area contributed by atoms with E-state index in [2.05, 4.69) is 22.8 Å². The van der Waals surface area contributed by atoms with E-state index in [1.165, 1.54) is 31.0 Å². The molecule has 0 spiro atoms. The lowest BCUT2D eigenvalue weighted by atomic mass is 9.76. The summed E-state index contributed by atoms with van der Waals surface area (Å²) in [6.07, 6.45) is 5.84. The Labute approximate surface area is 177 Å². The van der Waals surface area contributed by atoms with Crippen molar-refractivity contribution in [3.63, 3.8) is 0 Å².